The molecule has 2 aromatic rings. The van der Waals surface area contributed by atoms with Crippen LogP contribution in [0.3, 0.4) is 0 Å². The molecule has 128 valence electrons. The molecule has 5 nitrogen and oxygen atoms in total. The van der Waals surface area contributed by atoms with E-state index in [2.05, 4.69) is 9.88 Å². The summed E-state index contributed by atoms with van der Waals surface area (Å²) < 4.78 is 5.91. The van der Waals surface area contributed by atoms with Crippen LogP contribution in [0.4, 0.5) is 0 Å². The highest BCUT2D eigenvalue weighted by Gasteiger charge is 2.34. The zero-order chi connectivity index (χ0) is 17.4. The number of aromatic hydroxyl groups is 1. The van der Waals surface area contributed by atoms with Crippen molar-refractivity contribution in [3.8, 4) is 11.5 Å². The number of allylic oxidation sites excluding steroid dienone is 1. The Labute approximate surface area is 146 Å². The third-order valence-corrected chi connectivity index (χ3v) is 4.77. The van der Waals surface area contributed by atoms with E-state index in [1.165, 1.54) is 12.8 Å². The molecule has 0 bridgehead atoms. The van der Waals surface area contributed by atoms with Gasteiger partial charge in [0.1, 0.15) is 11.5 Å². The summed E-state index contributed by atoms with van der Waals surface area (Å²) in [6.07, 6.45) is 5.66. The zero-order valence-corrected chi connectivity index (χ0v) is 14.2. The maximum absolute atomic E-state index is 12.8. The highest BCUT2D eigenvalue weighted by molar-refractivity contribution is 6.15. The fourth-order valence-corrected chi connectivity index (χ4v) is 3.49. The monoisotopic (exact) mass is 336 g/mol. The van der Waals surface area contributed by atoms with Crippen LogP contribution in [0.2, 0.25) is 0 Å². The molecular formula is C20H20N2O3. The van der Waals surface area contributed by atoms with E-state index in [0.29, 0.717) is 29.1 Å². The lowest BCUT2D eigenvalue weighted by Crippen LogP contribution is -2.19. The number of ketones is 1. The van der Waals surface area contributed by atoms with Gasteiger partial charge in [0.25, 0.3) is 0 Å². The van der Waals surface area contributed by atoms with E-state index < -0.39 is 0 Å². The number of carbonyl (C=O) groups excluding carboxylic acids is 1. The van der Waals surface area contributed by atoms with Crippen LogP contribution in [0.15, 0.2) is 36.2 Å². The van der Waals surface area contributed by atoms with Crippen molar-refractivity contribution < 1.29 is 14.6 Å². The average Bonchev–Trinajstić information content (AvgIpc) is 3.21. The van der Waals surface area contributed by atoms with Gasteiger partial charge in [-0.25, -0.2) is 0 Å². The Balaban J connectivity index is 1.73. The van der Waals surface area contributed by atoms with Crippen LogP contribution in [0.5, 0.6) is 11.5 Å². The Kier molecular flexibility index (Phi) is 4.01. The predicted molar refractivity (Wildman–Crippen MR) is 94.5 cm³/mol. The van der Waals surface area contributed by atoms with E-state index in [-0.39, 0.29) is 17.3 Å². The molecule has 1 N–H and O–H groups in total. The minimum Gasteiger partial charge on any atom is -0.507 e. The van der Waals surface area contributed by atoms with Crippen LogP contribution in [0.25, 0.3) is 6.08 Å². The van der Waals surface area contributed by atoms with Crippen molar-refractivity contribution in [3.63, 3.8) is 0 Å². The van der Waals surface area contributed by atoms with Crippen LogP contribution < -0.4 is 4.74 Å². The van der Waals surface area contributed by atoms with Crippen molar-refractivity contribution >= 4 is 11.9 Å². The number of carbonyl (C=O) groups is 1. The highest BCUT2D eigenvalue weighted by Crippen LogP contribution is 2.42. The second-order valence-corrected chi connectivity index (χ2v) is 6.57. The Morgan fingerprint density at radius 3 is 2.84 bits per heavy atom. The minimum absolute atomic E-state index is 0.152. The molecule has 0 atom stereocenters. The van der Waals surface area contributed by atoms with Gasteiger partial charge in [0, 0.05) is 18.8 Å². The van der Waals surface area contributed by atoms with Gasteiger partial charge in [0.2, 0.25) is 5.78 Å². The quantitative estimate of drug-likeness (QED) is 0.871. The summed E-state index contributed by atoms with van der Waals surface area (Å²) >= 11 is 0. The van der Waals surface area contributed by atoms with E-state index in [9.17, 15) is 9.90 Å². The molecular weight excluding hydrogens is 316 g/mol. The molecule has 0 amide bonds. The fraction of sp³-hybridized carbons (Fsp3) is 0.300. The summed E-state index contributed by atoms with van der Waals surface area (Å²) in [6, 6.07) is 7.17. The predicted octanol–water partition coefficient (Wildman–Crippen LogP) is 3.31. The van der Waals surface area contributed by atoms with Crippen LogP contribution in [0, 0.1) is 6.92 Å². The molecule has 0 radical (unpaired) electrons. The summed E-state index contributed by atoms with van der Waals surface area (Å²) in [5.74, 6) is 0.789. The maximum atomic E-state index is 12.8. The molecule has 1 saturated heterocycles. The maximum Gasteiger partial charge on any atom is 0.232 e. The SMILES string of the molecule is Cc1cc(O)c(CN2CCCC2)c2c1C(=O)/C(=C/c1ccccn1)O2. The van der Waals surface area contributed by atoms with E-state index in [0.717, 1.165) is 18.7 Å². The molecule has 0 saturated carbocycles. The molecule has 5 heteroatoms. The smallest absolute Gasteiger partial charge is 0.232 e. The van der Waals surface area contributed by atoms with Crippen LogP contribution in [0.1, 0.15) is 40.0 Å². The third-order valence-electron chi connectivity index (χ3n) is 4.77. The first kappa shape index (κ1) is 15.8. The molecule has 1 fully saturated rings. The Morgan fingerprint density at radius 2 is 2.12 bits per heavy atom. The molecule has 0 unspecified atom stereocenters. The number of rotatable bonds is 3. The van der Waals surface area contributed by atoms with Crippen molar-refractivity contribution in [2.75, 3.05) is 13.1 Å². The van der Waals surface area contributed by atoms with E-state index in [1.807, 2.05) is 25.1 Å². The zero-order valence-electron chi connectivity index (χ0n) is 14.2. The van der Waals surface area contributed by atoms with Crippen molar-refractivity contribution in [2.45, 2.75) is 26.3 Å². The van der Waals surface area contributed by atoms with Crippen LogP contribution >= 0.6 is 0 Å². The number of nitrogens with zero attached hydrogens (tertiary/aromatic N) is 2. The molecule has 1 aromatic carbocycles. The lowest BCUT2D eigenvalue weighted by molar-refractivity contribution is 0.101. The number of ether oxygens (including phenoxy) is 1. The Bertz CT molecular complexity index is 853. The molecule has 2 aliphatic heterocycles. The Hall–Kier alpha value is -2.66. The molecule has 0 aliphatic carbocycles. The molecule has 4 rings (SSSR count). The van der Waals surface area contributed by atoms with Crippen molar-refractivity contribution in [2.24, 2.45) is 0 Å². The van der Waals surface area contributed by atoms with Gasteiger partial charge < -0.3 is 9.84 Å². The second kappa shape index (κ2) is 6.33. The lowest BCUT2D eigenvalue weighted by Gasteiger charge is -2.18. The first-order valence-electron chi connectivity index (χ1n) is 8.56. The third kappa shape index (κ3) is 2.91. The van der Waals surface area contributed by atoms with Gasteiger partial charge in [-0.05, 0) is 56.6 Å². The van der Waals surface area contributed by atoms with Crippen LogP contribution in [-0.2, 0) is 6.54 Å². The molecule has 2 aliphatic rings. The van der Waals surface area contributed by atoms with Gasteiger partial charge in [-0.3, -0.25) is 14.7 Å². The van der Waals surface area contributed by atoms with Gasteiger partial charge >= 0.3 is 0 Å². The van der Waals surface area contributed by atoms with Gasteiger partial charge in [0.15, 0.2) is 5.76 Å². The summed E-state index contributed by atoms with van der Waals surface area (Å²) in [6.45, 7) is 4.43. The van der Waals surface area contributed by atoms with Gasteiger partial charge in [-0.1, -0.05) is 6.07 Å². The largest absolute Gasteiger partial charge is 0.507 e. The fourth-order valence-electron chi connectivity index (χ4n) is 3.49. The molecule has 1 aromatic heterocycles. The van der Waals surface area contributed by atoms with Crippen LogP contribution in [-0.4, -0.2) is 33.9 Å². The van der Waals surface area contributed by atoms with Crippen molar-refractivity contribution in [1.82, 2.24) is 9.88 Å². The van der Waals surface area contributed by atoms with Crippen molar-refractivity contribution in [1.29, 1.82) is 0 Å². The number of aryl methyl sites for hydroxylation is 1. The molecule has 0 spiro atoms. The first-order valence-corrected chi connectivity index (χ1v) is 8.56. The second-order valence-electron chi connectivity index (χ2n) is 6.57. The first-order chi connectivity index (χ1) is 12.1. The molecule has 25 heavy (non-hydrogen) atoms. The summed E-state index contributed by atoms with van der Waals surface area (Å²) in [5, 5.41) is 10.4. The summed E-state index contributed by atoms with van der Waals surface area (Å²) in [5.41, 5.74) is 2.64. The number of benzene rings is 1. The number of hydrogen-bond acceptors (Lipinski definition) is 5. The van der Waals surface area contributed by atoms with E-state index in [4.69, 9.17) is 4.74 Å². The topological polar surface area (TPSA) is 62.7 Å². The summed E-state index contributed by atoms with van der Waals surface area (Å²) in [7, 11) is 0. The highest BCUT2D eigenvalue weighted by atomic mass is 16.5. The van der Waals surface area contributed by atoms with Gasteiger partial charge in [0.05, 0.1) is 16.8 Å². The Morgan fingerprint density at radius 1 is 1.32 bits per heavy atom. The number of likely N-dealkylation sites (tertiary alicyclic amines) is 1. The van der Waals surface area contributed by atoms with E-state index >= 15 is 0 Å². The van der Waals surface area contributed by atoms with Gasteiger partial charge in [-0.2, -0.15) is 0 Å². The normalized spacial score (nSPS) is 18.6. The lowest BCUT2D eigenvalue weighted by atomic mass is 9.99. The van der Waals surface area contributed by atoms with Crippen molar-refractivity contribution in [3.05, 3.63) is 58.6 Å². The minimum atomic E-state index is -0.152. The average molecular weight is 336 g/mol. The number of fused-ring (bicyclic) bond motifs is 1. The number of pyridine rings is 1. The number of Topliss-reactive ketones (excluding diaryl/α,β-unsaturated/α-hetero) is 1. The standard InChI is InChI=1S/C20H20N2O3/c1-13-10-16(23)15(12-22-8-4-5-9-22)20-18(13)19(24)17(25-20)11-14-6-2-3-7-21-14/h2-3,6-7,10-11,23H,4-5,8-9,12H2,1H3/b17-11-. The van der Waals surface area contributed by atoms with Gasteiger partial charge in [-0.15, -0.1) is 0 Å². The number of phenolic OH excluding ortho intramolecular Hbond substituents is 1. The number of hydrogen-bond donors (Lipinski definition) is 1. The summed E-state index contributed by atoms with van der Waals surface area (Å²) in [4.78, 5) is 19.3. The number of aromatic nitrogens is 1. The number of phenols is 1. The molecule has 3 heterocycles. The van der Waals surface area contributed by atoms with E-state index in [1.54, 1.807) is 18.3 Å².